The Kier molecular flexibility index (Phi) is 3.25. The lowest BCUT2D eigenvalue weighted by atomic mass is 10.2. The number of benzene rings is 1. The van der Waals surface area contributed by atoms with Crippen molar-refractivity contribution < 1.29 is 4.92 Å². The monoisotopic (exact) mass is 217 g/mol. The molecule has 0 unspecified atom stereocenters. The van der Waals surface area contributed by atoms with Crippen molar-refractivity contribution in [3.63, 3.8) is 0 Å². The molecule has 15 heavy (non-hydrogen) atoms. The highest BCUT2D eigenvalue weighted by atomic mass is 27.0. The molecule has 0 aliphatic heterocycles. The van der Waals surface area contributed by atoms with Crippen LogP contribution in [0.2, 0.25) is 0 Å². The van der Waals surface area contributed by atoms with Crippen LogP contribution in [0, 0.1) is 10.1 Å². The smallest absolute Gasteiger partial charge is 0.278 e. The molecule has 2 rings (SSSR count). The summed E-state index contributed by atoms with van der Waals surface area (Å²) in [7, 11) is 0. The number of hydrogen-bond donors (Lipinski definition) is 1. The Bertz CT molecular complexity index is 565. The standard InChI is InChI=1S/C9H6N2O3.Al/c12-9-5-4-6-7(10-9)2-1-3-8(6)11(13)14;/h1-5H,(H,10,12);. The van der Waals surface area contributed by atoms with E-state index >= 15 is 0 Å². The lowest BCUT2D eigenvalue weighted by Gasteiger charge is -1.97. The Balaban J connectivity index is 0.00000112. The van der Waals surface area contributed by atoms with E-state index in [0.717, 1.165) is 0 Å². The number of aromatic nitrogens is 1. The van der Waals surface area contributed by atoms with Crippen LogP contribution in [0.1, 0.15) is 0 Å². The second kappa shape index (κ2) is 4.26. The van der Waals surface area contributed by atoms with Gasteiger partial charge in [0.2, 0.25) is 5.56 Å². The summed E-state index contributed by atoms with van der Waals surface area (Å²) in [6.07, 6.45) is 0. The van der Waals surface area contributed by atoms with Crippen LogP contribution in [0.15, 0.2) is 35.1 Å². The van der Waals surface area contributed by atoms with Gasteiger partial charge in [-0.15, -0.1) is 0 Å². The number of hydrogen-bond acceptors (Lipinski definition) is 3. The van der Waals surface area contributed by atoms with Gasteiger partial charge in [0, 0.05) is 29.5 Å². The molecule has 0 saturated heterocycles. The maximum absolute atomic E-state index is 10.9. The second-order valence-electron chi connectivity index (χ2n) is 2.82. The van der Waals surface area contributed by atoms with Gasteiger partial charge in [-0.3, -0.25) is 14.9 Å². The van der Waals surface area contributed by atoms with E-state index in [0.29, 0.717) is 10.9 Å². The number of nitrogens with zero attached hydrogens (tertiary/aromatic N) is 1. The Hall–Kier alpha value is -1.64. The quantitative estimate of drug-likeness (QED) is 0.440. The number of pyridine rings is 1. The molecular formula is C9H6AlN2O3. The molecule has 0 aliphatic rings. The highest BCUT2D eigenvalue weighted by Gasteiger charge is 2.10. The van der Waals surface area contributed by atoms with Crippen LogP contribution >= 0.6 is 0 Å². The van der Waals surface area contributed by atoms with E-state index < -0.39 is 4.92 Å². The van der Waals surface area contributed by atoms with Crippen LogP contribution in [0.3, 0.4) is 0 Å². The summed E-state index contributed by atoms with van der Waals surface area (Å²) in [5, 5.41) is 11.1. The molecule has 2 aromatic rings. The van der Waals surface area contributed by atoms with Crippen LogP contribution in [0.5, 0.6) is 0 Å². The molecule has 73 valence electrons. The Morgan fingerprint density at radius 3 is 2.60 bits per heavy atom. The summed E-state index contributed by atoms with van der Waals surface area (Å²) in [5.41, 5.74) is 0.212. The molecule has 3 radical (unpaired) electrons. The minimum Gasteiger partial charge on any atom is -0.322 e. The summed E-state index contributed by atoms with van der Waals surface area (Å²) in [5.74, 6) is 0. The van der Waals surface area contributed by atoms with E-state index in [2.05, 4.69) is 4.98 Å². The van der Waals surface area contributed by atoms with Crippen molar-refractivity contribution in [1.82, 2.24) is 4.98 Å². The molecule has 1 N–H and O–H groups in total. The molecule has 5 nitrogen and oxygen atoms in total. The Morgan fingerprint density at radius 1 is 1.20 bits per heavy atom. The van der Waals surface area contributed by atoms with Gasteiger partial charge >= 0.3 is 0 Å². The molecule has 0 amide bonds. The van der Waals surface area contributed by atoms with Crippen molar-refractivity contribution in [2.24, 2.45) is 0 Å². The van der Waals surface area contributed by atoms with Crippen molar-refractivity contribution in [1.29, 1.82) is 0 Å². The molecule has 1 aromatic heterocycles. The van der Waals surface area contributed by atoms with E-state index in [1.165, 1.54) is 24.3 Å². The minimum atomic E-state index is -0.472. The van der Waals surface area contributed by atoms with E-state index in [4.69, 9.17) is 0 Å². The van der Waals surface area contributed by atoms with Crippen LogP contribution in [0.4, 0.5) is 5.69 Å². The number of nitro benzene ring substituents is 1. The first kappa shape index (κ1) is 11.4. The largest absolute Gasteiger partial charge is 0.322 e. The minimum absolute atomic E-state index is 0. The molecule has 1 aromatic carbocycles. The van der Waals surface area contributed by atoms with Gasteiger partial charge in [0.1, 0.15) is 0 Å². The number of fused-ring (bicyclic) bond motifs is 1. The lowest BCUT2D eigenvalue weighted by Crippen LogP contribution is -2.03. The average molecular weight is 217 g/mol. The highest BCUT2D eigenvalue weighted by molar-refractivity contribution is 5.87. The Labute approximate surface area is 95.0 Å². The van der Waals surface area contributed by atoms with Crippen LogP contribution in [0.25, 0.3) is 10.9 Å². The maximum atomic E-state index is 10.9. The van der Waals surface area contributed by atoms with Crippen LogP contribution < -0.4 is 5.56 Å². The zero-order valence-electron chi connectivity index (χ0n) is 7.64. The first-order valence-corrected chi connectivity index (χ1v) is 3.95. The van der Waals surface area contributed by atoms with E-state index in [-0.39, 0.29) is 28.6 Å². The zero-order chi connectivity index (χ0) is 10.1. The second-order valence-corrected chi connectivity index (χ2v) is 2.82. The molecule has 0 bridgehead atoms. The van der Waals surface area contributed by atoms with Crippen molar-refractivity contribution >= 4 is 34.0 Å². The van der Waals surface area contributed by atoms with Gasteiger partial charge in [0.25, 0.3) is 5.69 Å². The Morgan fingerprint density at radius 2 is 1.93 bits per heavy atom. The molecule has 0 saturated carbocycles. The fourth-order valence-electron chi connectivity index (χ4n) is 1.33. The molecule has 0 fully saturated rings. The lowest BCUT2D eigenvalue weighted by molar-refractivity contribution is -0.383. The molecule has 0 atom stereocenters. The predicted octanol–water partition coefficient (Wildman–Crippen LogP) is 1.06. The van der Waals surface area contributed by atoms with Gasteiger partial charge in [-0.05, 0) is 12.1 Å². The normalized spacial score (nSPS) is 9.60. The van der Waals surface area contributed by atoms with Gasteiger partial charge in [0.15, 0.2) is 0 Å². The molecular weight excluding hydrogens is 211 g/mol. The maximum Gasteiger partial charge on any atom is 0.278 e. The van der Waals surface area contributed by atoms with E-state index in [9.17, 15) is 14.9 Å². The fraction of sp³-hybridized carbons (Fsp3) is 0. The van der Waals surface area contributed by atoms with Crippen LogP contribution in [-0.4, -0.2) is 27.3 Å². The van der Waals surface area contributed by atoms with E-state index in [1.54, 1.807) is 6.07 Å². The number of rotatable bonds is 1. The summed E-state index contributed by atoms with van der Waals surface area (Å²) in [6.45, 7) is 0. The van der Waals surface area contributed by atoms with Gasteiger partial charge in [-0.1, -0.05) is 6.07 Å². The van der Waals surface area contributed by atoms with Gasteiger partial charge in [0.05, 0.1) is 15.8 Å². The number of H-pyrrole nitrogens is 1. The van der Waals surface area contributed by atoms with Crippen molar-refractivity contribution in [3.05, 3.63) is 50.8 Å². The zero-order valence-corrected chi connectivity index (χ0v) is 8.79. The average Bonchev–Trinajstić information content (AvgIpc) is 2.16. The third-order valence-corrected chi connectivity index (χ3v) is 1.94. The number of nitro groups is 1. The van der Waals surface area contributed by atoms with Gasteiger partial charge in [-0.25, -0.2) is 0 Å². The molecule has 1 heterocycles. The van der Waals surface area contributed by atoms with Crippen molar-refractivity contribution in [2.45, 2.75) is 0 Å². The topological polar surface area (TPSA) is 76.0 Å². The number of non-ortho nitro benzene ring substituents is 1. The van der Waals surface area contributed by atoms with Crippen molar-refractivity contribution in [3.8, 4) is 0 Å². The third-order valence-electron chi connectivity index (χ3n) is 1.94. The van der Waals surface area contributed by atoms with Gasteiger partial charge < -0.3 is 4.98 Å². The molecule has 0 aliphatic carbocycles. The number of aromatic amines is 1. The van der Waals surface area contributed by atoms with Crippen molar-refractivity contribution in [2.75, 3.05) is 0 Å². The molecule has 6 heteroatoms. The number of nitrogens with one attached hydrogen (secondary N) is 1. The van der Waals surface area contributed by atoms with Crippen LogP contribution in [-0.2, 0) is 0 Å². The summed E-state index contributed by atoms with van der Waals surface area (Å²) in [6, 6.07) is 7.29. The first-order valence-electron chi connectivity index (χ1n) is 3.95. The SMILES string of the molecule is O=c1ccc2c([N+](=O)[O-])cccc2[nH]1.[Al]. The summed E-state index contributed by atoms with van der Waals surface area (Å²) in [4.78, 5) is 23.6. The van der Waals surface area contributed by atoms with Gasteiger partial charge in [-0.2, -0.15) is 0 Å². The molecule has 0 spiro atoms. The highest BCUT2D eigenvalue weighted by Crippen LogP contribution is 2.21. The summed E-state index contributed by atoms with van der Waals surface area (Å²) >= 11 is 0. The first-order chi connectivity index (χ1) is 6.68. The summed E-state index contributed by atoms with van der Waals surface area (Å²) < 4.78 is 0. The predicted molar refractivity (Wildman–Crippen MR) is 57.0 cm³/mol. The third kappa shape index (κ3) is 2.06. The van der Waals surface area contributed by atoms with E-state index in [1.807, 2.05) is 0 Å². The fourth-order valence-corrected chi connectivity index (χ4v) is 1.33.